The summed E-state index contributed by atoms with van der Waals surface area (Å²) in [5.41, 5.74) is -0.0227. The van der Waals surface area contributed by atoms with Crippen LogP contribution < -0.4 is 0 Å². The zero-order valence-corrected chi connectivity index (χ0v) is 19.4. The van der Waals surface area contributed by atoms with Gasteiger partial charge < -0.3 is 10.0 Å². The Morgan fingerprint density at radius 1 is 1.17 bits per heavy atom. The van der Waals surface area contributed by atoms with Gasteiger partial charge >= 0.3 is 6.09 Å². The van der Waals surface area contributed by atoms with Gasteiger partial charge in [-0.2, -0.15) is 0 Å². The van der Waals surface area contributed by atoms with Crippen LogP contribution in [-0.4, -0.2) is 48.6 Å². The third kappa shape index (κ3) is 5.26. The summed E-state index contributed by atoms with van der Waals surface area (Å²) in [6, 6.07) is 9.79. The molecule has 6 nitrogen and oxygen atoms in total. The quantitative estimate of drug-likeness (QED) is 0.558. The lowest BCUT2D eigenvalue weighted by atomic mass is 10.0. The maximum atomic E-state index is 13.1. The smallest absolute Gasteiger partial charge is 0.407 e. The fourth-order valence-corrected chi connectivity index (χ4v) is 5.47. The molecular formula is C21H23BrFNO5S. The number of carbonyl (C=O) groups is 2. The Bertz CT molecular complexity index is 1070. The number of rotatable bonds is 7. The molecular weight excluding hydrogens is 477 g/mol. The van der Waals surface area contributed by atoms with E-state index in [1.807, 2.05) is 0 Å². The van der Waals surface area contributed by atoms with E-state index in [-0.39, 0.29) is 11.5 Å². The Morgan fingerprint density at radius 3 is 2.23 bits per heavy atom. The van der Waals surface area contributed by atoms with Crippen molar-refractivity contribution >= 4 is 37.6 Å². The molecule has 0 radical (unpaired) electrons. The summed E-state index contributed by atoms with van der Waals surface area (Å²) in [6.45, 7) is 4.62. The van der Waals surface area contributed by atoms with Crippen LogP contribution in [0.2, 0.25) is 0 Å². The monoisotopic (exact) mass is 499 g/mol. The number of amides is 1. The Morgan fingerprint density at radius 2 is 1.73 bits per heavy atom. The highest BCUT2D eigenvalue weighted by atomic mass is 79.9. The van der Waals surface area contributed by atoms with Gasteiger partial charge in [0, 0.05) is 22.6 Å². The second kappa shape index (κ2) is 8.85. The lowest BCUT2D eigenvalue weighted by Gasteiger charge is -2.34. The predicted molar refractivity (Wildman–Crippen MR) is 116 cm³/mol. The Labute approximate surface area is 183 Å². The zero-order chi connectivity index (χ0) is 22.9. The number of nitrogens with zero attached hydrogens (tertiary/aromatic N) is 1. The van der Waals surface area contributed by atoms with Gasteiger partial charge in [-0.1, -0.05) is 22.0 Å². The molecule has 0 aromatic heterocycles. The van der Waals surface area contributed by atoms with Crippen LogP contribution in [0, 0.1) is 5.82 Å². The molecule has 9 heteroatoms. The highest BCUT2D eigenvalue weighted by Crippen LogP contribution is 2.31. The second-order valence-electron chi connectivity index (χ2n) is 7.68. The molecule has 1 unspecified atom stereocenters. The molecule has 2 aromatic carbocycles. The molecule has 1 amide bonds. The first kappa shape index (κ1) is 24.0. The molecule has 0 aliphatic heterocycles. The van der Waals surface area contributed by atoms with Crippen molar-refractivity contribution in [3.8, 4) is 0 Å². The van der Waals surface area contributed by atoms with Gasteiger partial charge in [-0.15, -0.1) is 0 Å². The Balaban J connectivity index is 2.29. The molecule has 0 fully saturated rings. The summed E-state index contributed by atoms with van der Waals surface area (Å²) in [7, 11) is -2.38. The number of hydrogen-bond donors (Lipinski definition) is 1. The van der Waals surface area contributed by atoms with E-state index in [1.165, 1.54) is 44.3 Å². The van der Waals surface area contributed by atoms with E-state index < -0.39 is 32.5 Å². The van der Waals surface area contributed by atoms with Crippen molar-refractivity contribution in [3.63, 3.8) is 0 Å². The van der Waals surface area contributed by atoms with Crippen LogP contribution in [0.25, 0.3) is 0 Å². The average molecular weight is 500 g/mol. The van der Waals surface area contributed by atoms with Gasteiger partial charge in [0.1, 0.15) is 5.82 Å². The molecule has 0 aliphatic rings. The number of hydrogen-bond acceptors (Lipinski definition) is 4. The molecule has 0 saturated heterocycles. The number of sulfone groups is 1. The lowest BCUT2D eigenvalue weighted by molar-refractivity contribution is 0.103. The van der Waals surface area contributed by atoms with Crippen LogP contribution in [0.3, 0.4) is 0 Å². The van der Waals surface area contributed by atoms with Gasteiger partial charge in [-0.3, -0.25) is 4.79 Å². The van der Waals surface area contributed by atoms with Gasteiger partial charge in [0.05, 0.1) is 16.5 Å². The van der Waals surface area contributed by atoms with E-state index in [2.05, 4.69) is 15.9 Å². The number of carboxylic acid groups (broad SMARTS) is 1. The first-order valence-corrected chi connectivity index (χ1v) is 11.5. The molecule has 30 heavy (non-hydrogen) atoms. The molecule has 1 N–H and O–H groups in total. The molecule has 162 valence electrons. The van der Waals surface area contributed by atoms with Crippen LogP contribution in [-0.2, 0) is 9.84 Å². The highest BCUT2D eigenvalue weighted by Gasteiger charge is 2.36. The minimum Gasteiger partial charge on any atom is -0.465 e. The molecule has 2 aromatic rings. The van der Waals surface area contributed by atoms with Crippen molar-refractivity contribution in [3.05, 3.63) is 69.4 Å². The van der Waals surface area contributed by atoms with Crippen molar-refractivity contribution in [1.82, 2.24) is 4.90 Å². The fraction of sp³-hybridized carbons (Fsp3) is 0.333. The second-order valence-corrected chi connectivity index (χ2v) is 10.9. The lowest BCUT2D eigenvalue weighted by Crippen LogP contribution is -2.49. The van der Waals surface area contributed by atoms with Crippen LogP contribution in [0.5, 0.6) is 0 Å². The van der Waals surface area contributed by atoms with Crippen molar-refractivity contribution in [2.24, 2.45) is 0 Å². The van der Waals surface area contributed by atoms with E-state index in [1.54, 1.807) is 26.0 Å². The largest absolute Gasteiger partial charge is 0.465 e. The molecule has 0 bridgehead atoms. The average Bonchev–Trinajstić information content (AvgIpc) is 2.65. The maximum absolute atomic E-state index is 13.1. The van der Waals surface area contributed by atoms with E-state index in [0.29, 0.717) is 21.2 Å². The number of ketones is 1. The Hall–Kier alpha value is -2.26. The highest BCUT2D eigenvalue weighted by molar-refractivity contribution is 9.10. The number of carbonyl (C=O) groups excluding carboxylic acids is 1. The van der Waals surface area contributed by atoms with Crippen LogP contribution in [0.15, 0.2) is 46.9 Å². The van der Waals surface area contributed by atoms with Gasteiger partial charge in [0.2, 0.25) is 0 Å². The summed E-state index contributed by atoms with van der Waals surface area (Å²) >= 11 is 3.32. The van der Waals surface area contributed by atoms with E-state index >= 15 is 0 Å². The van der Waals surface area contributed by atoms with Crippen molar-refractivity contribution < 1.29 is 27.5 Å². The maximum Gasteiger partial charge on any atom is 0.407 e. The van der Waals surface area contributed by atoms with Crippen LogP contribution in [0.4, 0.5) is 9.18 Å². The van der Waals surface area contributed by atoms with Gasteiger partial charge in [-0.25, -0.2) is 17.6 Å². The minimum atomic E-state index is -3.71. The predicted octanol–water partition coefficient (Wildman–Crippen LogP) is 4.68. The van der Waals surface area contributed by atoms with E-state index in [9.17, 15) is 27.5 Å². The minimum absolute atomic E-state index is 0.309. The van der Waals surface area contributed by atoms with Gasteiger partial charge in [0.15, 0.2) is 15.6 Å². The normalized spacial score (nSPS) is 13.0. The molecule has 1 atom stereocenters. The summed E-state index contributed by atoms with van der Waals surface area (Å²) in [6.07, 6.45) is -1.21. The van der Waals surface area contributed by atoms with Crippen LogP contribution in [0.1, 0.15) is 47.5 Å². The van der Waals surface area contributed by atoms with Crippen molar-refractivity contribution in [2.45, 2.75) is 31.6 Å². The standard InChI is InChI=1S/C21H23BrFNO5S/c1-13(30(28,29)12-21(2,3)24(4)20(26)27)15-7-10-17(18(22)11-15)19(25)14-5-8-16(23)9-6-14/h5-11,13H,12H2,1-4H3,(H,26,27). The Kier molecular flexibility index (Phi) is 7.08. The van der Waals surface area contributed by atoms with Crippen molar-refractivity contribution in [1.29, 1.82) is 0 Å². The number of halogens is 2. The third-order valence-corrected chi connectivity index (χ3v) is 8.22. The first-order chi connectivity index (χ1) is 13.8. The molecule has 0 saturated carbocycles. The topological polar surface area (TPSA) is 91.8 Å². The van der Waals surface area contributed by atoms with Crippen LogP contribution >= 0.6 is 15.9 Å². The third-order valence-electron chi connectivity index (χ3n) is 5.10. The zero-order valence-electron chi connectivity index (χ0n) is 17.0. The summed E-state index contributed by atoms with van der Waals surface area (Å²) in [5, 5.41) is 8.26. The first-order valence-electron chi connectivity index (χ1n) is 9.04. The van der Waals surface area contributed by atoms with Crippen molar-refractivity contribution in [2.75, 3.05) is 12.8 Å². The summed E-state index contributed by atoms with van der Waals surface area (Å²) in [5.74, 6) is -1.14. The van der Waals surface area contributed by atoms with Gasteiger partial charge in [-0.05, 0) is 62.7 Å². The van der Waals surface area contributed by atoms with E-state index in [0.717, 1.165) is 4.90 Å². The fourth-order valence-electron chi connectivity index (χ4n) is 2.91. The summed E-state index contributed by atoms with van der Waals surface area (Å²) in [4.78, 5) is 24.8. The van der Waals surface area contributed by atoms with E-state index in [4.69, 9.17) is 0 Å². The molecule has 2 rings (SSSR count). The molecule has 0 spiro atoms. The molecule has 0 aliphatic carbocycles. The SMILES string of the molecule is CC(c1ccc(C(=O)c2ccc(F)cc2)c(Br)c1)S(=O)(=O)CC(C)(C)N(C)C(=O)O. The number of benzene rings is 2. The summed E-state index contributed by atoms with van der Waals surface area (Å²) < 4.78 is 39.3. The van der Waals surface area contributed by atoms with Gasteiger partial charge in [0.25, 0.3) is 0 Å². The molecule has 0 heterocycles.